The van der Waals surface area contributed by atoms with Gasteiger partial charge in [-0.2, -0.15) is 0 Å². The molecule has 1 N–H and O–H groups in total. The van der Waals surface area contributed by atoms with E-state index in [-0.39, 0.29) is 29.6 Å². The molecule has 5 rings (SSSR count). The van der Waals surface area contributed by atoms with Gasteiger partial charge in [-0.3, -0.25) is 4.98 Å². The van der Waals surface area contributed by atoms with Crippen molar-refractivity contribution < 1.29 is 31.9 Å². The third-order valence-electron chi connectivity index (χ3n) is 7.91. The highest BCUT2D eigenvalue weighted by molar-refractivity contribution is 5.71. The smallest absolute Gasteiger partial charge is 0.407 e. The number of halogens is 3. The Labute approximate surface area is 272 Å². The molecule has 2 atom stereocenters. The van der Waals surface area contributed by atoms with Crippen LogP contribution < -0.4 is 15.0 Å². The van der Waals surface area contributed by atoms with Crippen LogP contribution in [0.2, 0.25) is 0 Å². The molecule has 2 aromatic carbocycles. The first-order valence-electron chi connectivity index (χ1n) is 15.4. The highest BCUT2D eigenvalue weighted by atomic mass is 19.3. The number of alkyl halides is 2. The molecular formula is C35H40F3N5O4. The number of fused-ring (bicyclic) bond motifs is 1. The number of carbonyl (C=O) groups is 1. The molecule has 9 nitrogen and oxygen atoms in total. The van der Waals surface area contributed by atoms with Crippen molar-refractivity contribution in [1.29, 1.82) is 0 Å². The van der Waals surface area contributed by atoms with Gasteiger partial charge in [-0.15, -0.1) is 10.2 Å². The van der Waals surface area contributed by atoms with Gasteiger partial charge in [0.05, 0.1) is 30.6 Å². The first-order chi connectivity index (χ1) is 21.9. The molecule has 0 saturated carbocycles. The van der Waals surface area contributed by atoms with Crippen LogP contribution in [-0.2, 0) is 22.6 Å². The Balaban J connectivity index is 1.57. The summed E-state index contributed by atoms with van der Waals surface area (Å²) in [5.41, 5.74) is 0.525. The lowest BCUT2D eigenvalue weighted by atomic mass is 9.97. The number of amides is 1. The minimum absolute atomic E-state index is 0.0868. The summed E-state index contributed by atoms with van der Waals surface area (Å²) >= 11 is 0. The molecule has 0 saturated heterocycles. The standard InChI is InChI=1S/C35H40F3N5O4/c1-20-28(40-32(44)47-34(5,6)7)17-35(37,38)25-16-26(36)24(30-41-42-31(46-30)33(2,3)4)15-29(25)43(20)19-21-9-11-22(12-10-21)27-14-13-23(45-8)18-39-27/h9-16,18,20,28H,17,19H2,1-8H3,(H,40,44)/t20?,28-/m0/s1. The van der Waals surface area contributed by atoms with E-state index in [1.165, 1.54) is 6.07 Å². The molecule has 0 radical (unpaired) electrons. The number of methoxy groups -OCH3 is 1. The van der Waals surface area contributed by atoms with Crippen LogP contribution in [0.3, 0.4) is 0 Å². The van der Waals surface area contributed by atoms with Gasteiger partial charge >= 0.3 is 6.09 Å². The van der Waals surface area contributed by atoms with E-state index in [0.29, 0.717) is 5.75 Å². The summed E-state index contributed by atoms with van der Waals surface area (Å²) < 4.78 is 64.3. The number of hydrogen-bond acceptors (Lipinski definition) is 8. The topological polar surface area (TPSA) is 103 Å². The molecule has 47 heavy (non-hydrogen) atoms. The maximum Gasteiger partial charge on any atom is 0.407 e. The normalized spacial score (nSPS) is 17.9. The lowest BCUT2D eigenvalue weighted by molar-refractivity contribution is -0.0229. The second-order valence-electron chi connectivity index (χ2n) is 13.8. The maximum absolute atomic E-state index is 16.1. The number of nitrogens with one attached hydrogen (secondary N) is 1. The second kappa shape index (κ2) is 12.5. The summed E-state index contributed by atoms with van der Waals surface area (Å²) in [5.74, 6) is -3.63. The van der Waals surface area contributed by atoms with Gasteiger partial charge in [-0.25, -0.2) is 18.0 Å². The molecule has 4 aromatic rings. The number of aromatic nitrogens is 3. The first-order valence-corrected chi connectivity index (χ1v) is 15.4. The summed E-state index contributed by atoms with van der Waals surface area (Å²) in [5, 5.41) is 10.8. The average molecular weight is 652 g/mol. The Morgan fingerprint density at radius 2 is 1.77 bits per heavy atom. The molecule has 1 unspecified atom stereocenters. The van der Waals surface area contributed by atoms with Gasteiger partial charge in [0, 0.05) is 41.2 Å². The van der Waals surface area contributed by atoms with Crippen molar-refractivity contribution in [3.63, 3.8) is 0 Å². The van der Waals surface area contributed by atoms with Crippen molar-refractivity contribution in [3.8, 4) is 28.5 Å². The summed E-state index contributed by atoms with van der Waals surface area (Å²) in [6, 6.07) is 11.6. The van der Waals surface area contributed by atoms with Gasteiger partial charge in [-0.1, -0.05) is 45.0 Å². The van der Waals surface area contributed by atoms with Crippen LogP contribution in [-0.4, -0.2) is 46.1 Å². The average Bonchev–Trinajstić information content (AvgIpc) is 3.47. The fraction of sp³-hybridized carbons (Fsp3) is 0.429. The van der Waals surface area contributed by atoms with E-state index < -0.39 is 52.9 Å². The van der Waals surface area contributed by atoms with E-state index >= 15 is 13.2 Å². The zero-order valence-corrected chi connectivity index (χ0v) is 27.8. The van der Waals surface area contributed by atoms with Crippen LogP contribution in [0.5, 0.6) is 5.75 Å². The second-order valence-corrected chi connectivity index (χ2v) is 13.8. The van der Waals surface area contributed by atoms with Crippen LogP contribution in [0, 0.1) is 5.82 Å². The number of pyridine rings is 1. The molecule has 1 aliphatic rings. The number of alkyl carbamates (subject to hydrolysis) is 1. The predicted octanol–water partition coefficient (Wildman–Crippen LogP) is 8.03. The number of benzene rings is 2. The molecule has 0 aliphatic carbocycles. The van der Waals surface area contributed by atoms with Crippen LogP contribution in [0.25, 0.3) is 22.7 Å². The minimum atomic E-state index is -3.51. The van der Waals surface area contributed by atoms with Crippen molar-refractivity contribution in [2.75, 3.05) is 12.0 Å². The van der Waals surface area contributed by atoms with Gasteiger partial charge in [0.25, 0.3) is 11.8 Å². The largest absolute Gasteiger partial charge is 0.495 e. The lowest BCUT2D eigenvalue weighted by Gasteiger charge is -2.35. The molecule has 2 aromatic heterocycles. The quantitative estimate of drug-likeness (QED) is 0.224. The third-order valence-corrected chi connectivity index (χ3v) is 7.91. The predicted molar refractivity (Wildman–Crippen MR) is 172 cm³/mol. The molecule has 0 spiro atoms. The Kier molecular flexibility index (Phi) is 9.00. The SMILES string of the molecule is COc1ccc(-c2ccc(CN3c4cc(-c5nnc(C(C)(C)C)o5)c(F)cc4C(F)(F)C[C@H](NC(=O)OC(C)(C)C)C3C)cc2)nc1. The zero-order chi connectivity index (χ0) is 34.3. The molecule has 0 bridgehead atoms. The van der Waals surface area contributed by atoms with Crippen LogP contribution in [0.4, 0.5) is 23.7 Å². The van der Waals surface area contributed by atoms with Crippen LogP contribution in [0.1, 0.15) is 71.9 Å². The Bertz CT molecular complexity index is 1730. The first kappa shape index (κ1) is 33.7. The van der Waals surface area contributed by atoms with Crippen molar-refractivity contribution in [1.82, 2.24) is 20.5 Å². The van der Waals surface area contributed by atoms with Gasteiger partial charge in [0.15, 0.2) is 0 Å². The van der Waals surface area contributed by atoms with E-state index in [9.17, 15) is 4.79 Å². The zero-order valence-electron chi connectivity index (χ0n) is 27.8. The fourth-order valence-corrected chi connectivity index (χ4v) is 5.39. The fourth-order valence-electron chi connectivity index (χ4n) is 5.39. The van der Waals surface area contributed by atoms with E-state index in [1.54, 1.807) is 45.9 Å². The van der Waals surface area contributed by atoms with Crippen LogP contribution in [0.15, 0.2) is 59.1 Å². The number of ether oxygens (including phenoxy) is 2. The molecular weight excluding hydrogens is 611 g/mol. The number of rotatable bonds is 6. The van der Waals surface area contributed by atoms with Crippen LogP contribution >= 0.6 is 0 Å². The van der Waals surface area contributed by atoms with E-state index in [4.69, 9.17) is 13.9 Å². The van der Waals surface area contributed by atoms with Gasteiger partial charge in [0.1, 0.15) is 17.2 Å². The minimum Gasteiger partial charge on any atom is -0.495 e. The molecule has 0 fully saturated rings. The summed E-state index contributed by atoms with van der Waals surface area (Å²) in [6.45, 7) is 12.6. The van der Waals surface area contributed by atoms with Gasteiger partial charge in [0.2, 0.25) is 5.89 Å². The lowest BCUT2D eigenvalue weighted by Crippen LogP contribution is -2.51. The molecule has 1 aliphatic heterocycles. The van der Waals surface area contributed by atoms with Gasteiger partial charge in [-0.05, 0) is 57.5 Å². The molecule has 250 valence electrons. The Morgan fingerprint density at radius 3 is 2.34 bits per heavy atom. The summed E-state index contributed by atoms with van der Waals surface area (Å²) in [6.07, 6.45) is 0.0357. The number of carbonyl (C=O) groups excluding carboxylic acids is 1. The highest BCUT2D eigenvalue weighted by Gasteiger charge is 2.46. The molecule has 1 amide bonds. The number of nitrogens with zero attached hydrogens (tertiary/aromatic N) is 4. The molecule has 3 heterocycles. The Morgan fingerprint density at radius 1 is 1.06 bits per heavy atom. The number of anilines is 1. The van der Waals surface area contributed by atoms with E-state index in [2.05, 4.69) is 20.5 Å². The van der Waals surface area contributed by atoms with Crippen molar-refractivity contribution in [2.24, 2.45) is 0 Å². The monoisotopic (exact) mass is 651 g/mol. The highest BCUT2D eigenvalue weighted by Crippen LogP contribution is 2.46. The summed E-state index contributed by atoms with van der Waals surface area (Å²) in [7, 11) is 1.57. The summed E-state index contributed by atoms with van der Waals surface area (Å²) in [4.78, 5) is 19.0. The van der Waals surface area contributed by atoms with Crippen molar-refractivity contribution in [2.45, 2.75) is 90.5 Å². The van der Waals surface area contributed by atoms with Gasteiger partial charge < -0.3 is 24.1 Å². The third kappa shape index (κ3) is 7.52. The van der Waals surface area contributed by atoms with E-state index in [0.717, 1.165) is 22.9 Å². The Hall–Kier alpha value is -4.61. The van der Waals surface area contributed by atoms with Crippen molar-refractivity contribution >= 4 is 11.8 Å². The molecule has 12 heteroatoms. The van der Waals surface area contributed by atoms with E-state index in [1.807, 2.05) is 57.2 Å². The number of hydrogen-bond donors (Lipinski definition) is 1. The maximum atomic E-state index is 16.1. The van der Waals surface area contributed by atoms with Crippen molar-refractivity contribution in [3.05, 3.63) is 77.6 Å².